The molecule has 3 atom stereocenters. The molecule has 0 bridgehead atoms. The summed E-state index contributed by atoms with van der Waals surface area (Å²) in [6.07, 6.45) is -0.184. The Morgan fingerprint density at radius 1 is 1.11 bits per heavy atom. The molecule has 0 aliphatic heterocycles. The highest BCUT2D eigenvalue weighted by atomic mass is 16.3. The smallest absolute Gasteiger partial charge is 0.257 e. The van der Waals surface area contributed by atoms with Gasteiger partial charge in [-0.2, -0.15) is 0 Å². The Morgan fingerprint density at radius 3 is 2.27 bits per heavy atom. The number of primary amides is 1. The van der Waals surface area contributed by atoms with Gasteiger partial charge in [0.15, 0.2) is 11.4 Å². The van der Waals surface area contributed by atoms with E-state index in [4.69, 9.17) is 5.73 Å². The van der Waals surface area contributed by atoms with Crippen LogP contribution in [0.4, 0.5) is 5.69 Å². The van der Waals surface area contributed by atoms with E-state index < -0.39 is 63.7 Å². The Morgan fingerprint density at radius 2 is 1.73 bits per heavy atom. The van der Waals surface area contributed by atoms with Crippen LogP contribution < -0.4 is 10.6 Å². The van der Waals surface area contributed by atoms with Gasteiger partial charge in [0.05, 0.1) is 11.1 Å². The van der Waals surface area contributed by atoms with Gasteiger partial charge >= 0.3 is 0 Å². The largest absolute Gasteiger partial charge is 0.508 e. The first kappa shape index (κ1) is 26.2. The molecule has 11 heteroatoms. The molecule has 11 nitrogen and oxygen atoms in total. The maximum atomic E-state index is 13.7. The van der Waals surface area contributed by atoms with Crippen LogP contribution in [0.25, 0.3) is 5.76 Å². The number of aliphatic hydroxyl groups is 3. The van der Waals surface area contributed by atoms with Gasteiger partial charge < -0.3 is 36.0 Å². The number of aromatic hydroxyl groups is 1. The van der Waals surface area contributed by atoms with Gasteiger partial charge in [0.2, 0.25) is 5.78 Å². The first-order chi connectivity index (χ1) is 17.3. The Hall–Kier alpha value is -3.86. The van der Waals surface area contributed by atoms with E-state index in [0.717, 1.165) is 0 Å². The molecule has 198 valence electrons. The lowest BCUT2D eigenvalue weighted by Gasteiger charge is -2.46. The summed E-state index contributed by atoms with van der Waals surface area (Å²) in [5.41, 5.74) is 2.39. The summed E-state index contributed by atoms with van der Waals surface area (Å²) >= 11 is 0. The van der Waals surface area contributed by atoms with E-state index in [1.54, 1.807) is 38.9 Å². The molecule has 3 aliphatic rings. The van der Waals surface area contributed by atoms with Crippen molar-refractivity contribution in [1.29, 1.82) is 0 Å². The van der Waals surface area contributed by atoms with E-state index in [1.165, 1.54) is 4.90 Å². The van der Waals surface area contributed by atoms with E-state index in [2.05, 4.69) is 0 Å². The number of amides is 2. The van der Waals surface area contributed by atoms with Crippen molar-refractivity contribution >= 4 is 34.8 Å². The fraction of sp³-hybridized carbons (Fsp3) is 0.462. The van der Waals surface area contributed by atoms with E-state index in [9.17, 15) is 39.6 Å². The minimum Gasteiger partial charge on any atom is -0.508 e. The quantitative estimate of drug-likeness (QED) is 0.358. The molecule has 0 saturated heterocycles. The summed E-state index contributed by atoms with van der Waals surface area (Å²) in [5.74, 6) is -7.52. The molecule has 1 aromatic carbocycles. The monoisotopic (exact) mass is 513 g/mol. The highest BCUT2D eigenvalue weighted by molar-refractivity contribution is 6.22. The SMILES string of the molecule is CCN(CC)C(=O)c1cc(N(C)C)c2c(c1O)C(O)=C1C(=O)[C@]3(O)C(O)=C(C(N)=O)C(=O)C[C@@H]3CC1C2. The predicted octanol–water partition coefficient (Wildman–Crippen LogP) is 0.972. The van der Waals surface area contributed by atoms with Crippen molar-refractivity contribution in [3.63, 3.8) is 0 Å². The number of rotatable bonds is 5. The van der Waals surface area contributed by atoms with Crippen LogP contribution in [-0.4, -0.2) is 81.5 Å². The van der Waals surface area contributed by atoms with Crippen molar-refractivity contribution in [2.75, 3.05) is 32.1 Å². The lowest BCUT2D eigenvalue weighted by Crippen LogP contribution is -2.58. The molecule has 0 heterocycles. The summed E-state index contributed by atoms with van der Waals surface area (Å²) in [4.78, 5) is 54.4. The fourth-order valence-electron chi connectivity index (χ4n) is 5.91. The molecule has 1 unspecified atom stereocenters. The third-order valence-corrected chi connectivity index (χ3v) is 7.80. The van der Waals surface area contributed by atoms with Crippen LogP contribution in [0.15, 0.2) is 23.0 Å². The van der Waals surface area contributed by atoms with E-state index >= 15 is 0 Å². The first-order valence-electron chi connectivity index (χ1n) is 12.1. The van der Waals surface area contributed by atoms with Gasteiger partial charge in [0.1, 0.15) is 22.8 Å². The average Bonchev–Trinajstić information content (AvgIpc) is 2.81. The predicted molar refractivity (Wildman–Crippen MR) is 133 cm³/mol. The number of hydrogen-bond donors (Lipinski definition) is 5. The Bertz CT molecular complexity index is 1310. The number of anilines is 1. The normalized spacial score (nSPS) is 24.9. The summed E-state index contributed by atoms with van der Waals surface area (Å²) in [7, 11) is 3.49. The van der Waals surface area contributed by atoms with Gasteiger partial charge in [0, 0.05) is 50.8 Å². The van der Waals surface area contributed by atoms with Crippen LogP contribution in [0, 0.1) is 11.8 Å². The number of Topliss-reactive ketones (excluding diaryl/α,β-unsaturated/α-hetero) is 2. The highest BCUT2D eigenvalue weighted by Gasteiger charge is 2.60. The Labute approximate surface area is 213 Å². The highest BCUT2D eigenvalue weighted by Crippen LogP contribution is 2.53. The summed E-state index contributed by atoms with van der Waals surface area (Å²) in [6.45, 7) is 4.36. The number of aliphatic hydroxyl groups excluding tert-OH is 2. The number of benzene rings is 1. The van der Waals surface area contributed by atoms with Crippen molar-refractivity contribution < 1.29 is 39.6 Å². The second-order valence-corrected chi connectivity index (χ2v) is 9.92. The van der Waals surface area contributed by atoms with Crippen molar-refractivity contribution in [2.24, 2.45) is 17.6 Å². The molecule has 1 saturated carbocycles. The average molecular weight is 514 g/mol. The third kappa shape index (κ3) is 3.59. The standard InChI is InChI=1S/C26H31N3O8/c1-5-29(6-2)25(36)14-10-15(28(3)4)13-8-11-7-12-9-16(30)19(24(27)35)23(34)26(12,37)22(33)17(11)21(32)18(13)20(14)31/h10-12,31-32,34,37H,5-9H2,1-4H3,(H2,27,35)/t11?,12-,26-/m0/s1. The lowest BCUT2D eigenvalue weighted by atomic mass is 9.59. The minimum atomic E-state index is -2.63. The van der Waals surface area contributed by atoms with Gasteiger partial charge in [-0.15, -0.1) is 0 Å². The maximum absolute atomic E-state index is 13.7. The van der Waals surface area contributed by atoms with Crippen LogP contribution >= 0.6 is 0 Å². The van der Waals surface area contributed by atoms with E-state index in [1.807, 2.05) is 0 Å². The number of nitrogens with zero attached hydrogens (tertiary/aromatic N) is 2. The Kier molecular flexibility index (Phi) is 6.31. The zero-order valence-corrected chi connectivity index (χ0v) is 21.2. The zero-order valence-electron chi connectivity index (χ0n) is 21.2. The van der Waals surface area contributed by atoms with Gasteiger partial charge in [-0.3, -0.25) is 19.2 Å². The molecule has 3 aliphatic carbocycles. The third-order valence-electron chi connectivity index (χ3n) is 7.80. The number of carbonyl (C=O) groups excluding carboxylic acids is 4. The van der Waals surface area contributed by atoms with Crippen molar-refractivity contribution in [3.8, 4) is 5.75 Å². The van der Waals surface area contributed by atoms with Crippen LogP contribution in [0.1, 0.15) is 48.2 Å². The zero-order chi connectivity index (χ0) is 27.6. The van der Waals surface area contributed by atoms with E-state index in [0.29, 0.717) is 24.3 Å². The molecule has 2 amide bonds. The van der Waals surface area contributed by atoms with Gasteiger partial charge in [0.25, 0.3) is 11.8 Å². The number of nitrogens with two attached hydrogens (primary N) is 1. The van der Waals surface area contributed by atoms with Crippen molar-refractivity contribution in [3.05, 3.63) is 39.7 Å². The molecular weight excluding hydrogens is 482 g/mol. The lowest BCUT2D eigenvalue weighted by molar-refractivity contribution is -0.147. The second kappa shape index (κ2) is 8.91. The summed E-state index contributed by atoms with van der Waals surface area (Å²) in [5, 5.41) is 44.6. The van der Waals surface area contributed by atoms with Gasteiger partial charge in [-0.1, -0.05) is 0 Å². The fourth-order valence-corrected chi connectivity index (χ4v) is 5.91. The van der Waals surface area contributed by atoms with Crippen molar-refractivity contribution in [2.45, 2.75) is 38.7 Å². The molecule has 1 fully saturated rings. The minimum absolute atomic E-state index is 0.0384. The molecule has 4 rings (SSSR count). The van der Waals surface area contributed by atoms with Crippen LogP contribution in [0.2, 0.25) is 0 Å². The number of carbonyl (C=O) groups is 4. The molecule has 0 aromatic heterocycles. The number of phenols is 1. The van der Waals surface area contributed by atoms with E-state index in [-0.39, 0.29) is 36.0 Å². The molecule has 37 heavy (non-hydrogen) atoms. The molecule has 1 aromatic rings. The van der Waals surface area contributed by atoms with Crippen molar-refractivity contribution in [1.82, 2.24) is 4.90 Å². The van der Waals surface area contributed by atoms with Crippen LogP contribution in [-0.2, 0) is 20.8 Å². The molecule has 0 spiro atoms. The summed E-state index contributed by atoms with van der Waals surface area (Å²) < 4.78 is 0. The first-order valence-corrected chi connectivity index (χ1v) is 12.1. The van der Waals surface area contributed by atoms with Gasteiger partial charge in [-0.25, -0.2) is 0 Å². The number of hydrogen-bond acceptors (Lipinski definition) is 9. The second-order valence-electron chi connectivity index (χ2n) is 9.92. The van der Waals surface area contributed by atoms with Crippen LogP contribution in [0.5, 0.6) is 5.75 Å². The molecular formula is C26H31N3O8. The Balaban J connectivity index is 1.97. The topological polar surface area (TPSA) is 182 Å². The number of fused-ring (bicyclic) bond motifs is 3. The van der Waals surface area contributed by atoms with Crippen LogP contribution in [0.3, 0.4) is 0 Å². The molecule has 6 N–H and O–H groups in total. The molecule has 0 radical (unpaired) electrons. The maximum Gasteiger partial charge on any atom is 0.257 e. The summed E-state index contributed by atoms with van der Waals surface area (Å²) in [6, 6.07) is 1.55. The number of phenolic OH excluding ortho intramolecular Hbond substituents is 1. The van der Waals surface area contributed by atoms with Gasteiger partial charge in [-0.05, 0) is 44.2 Å². The number of ketones is 2.